The maximum Gasteiger partial charge on any atom is 0.0771 e. The third kappa shape index (κ3) is 3.55. The molecule has 0 bridgehead atoms. The van der Waals surface area contributed by atoms with Gasteiger partial charge < -0.3 is 0 Å². The summed E-state index contributed by atoms with van der Waals surface area (Å²) in [6.45, 7) is 8.83. The molecule has 0 atom stereocenters. The number of hydrogen-bond donors (Lipinski definition) is 0. The lowest BCUT2D eigenvalue weighted by Gasteiger charge is -1.96. The summed E-state index contributed by atoms with van der Waals surface area (Å²) in [7, 11) is 0. The second-order valence-electron chi connectivity index (χ2n) is 4.26. The molecule has 1 aromatic rings. The van der Waals surface area contributed by atoms with Gasteiger partial charge in [-0.1, -0.05) is 39.5 Å². The van der Waals surface area contributed by atoms with Crippen molar-refractivity contribution in [2.24, 2.45) is 5.92 Å². The lowest BCUT2D eigenvalue weighted by molar-refractivity contribution is 0.676. The molecule has 1 heteroatoms. The third-order valence-corrected chi connectivity index (χ3v) is 3.22. The predicted octanol–water partition coefficient (Wildman–Crippen LogP) is 4.27. The third-order valence-electron chi connectivity index (χ3n) is 1.92. The Morgan fingerprint density at radius 2 is 1.93 bits per heavy atom. The van der Waals surface area contributed by atoms with E-state index in [1.165, 1.54) is 9.75 Å². The van der Waals surface area contributed by atoms with Crippen LogP contribution in [0.3, 0.4) is 0 Å². The van der Waals surface area contributed by atoms with Gasteiger partial charge in [0.05, 0.1) is 4.88 Å². The van der Waals surface area contributed by atoms with Gasteiger partial charge in [0.1, 0.15) is 0 Å². The Hall–Kier alpha value is -0.740. The zero-order valence-electron chi connectivity index (χ0n) is 9.42. The highest BCUT2D eigenvalue weighted by Crippen LogP contribution is 2.23. The highest BCUT2D eigenvalue weighted by molar-refractivity contribution is 7.12. The smallest absolute Gasteiger partial charge is 0.0771 e. The van der Waals surface area contributed by atoms with Crippen LogP contribution in [-0.4, -0.2) is 0 Å². The van der Waals surface area contributed by atoms with Gasteiger partial charge in [-0.15, -0.1) is 11.3 Å². The molecule has 0 spiro atoms. The van der Waals surface area contributed by atoms with Crippen LogP contribution in [0.15, 0.2) is 12.1 Å². The molecule has 0 aliphatic carbocycles. The van der Waals surface area contributed by atoms with E-state index >= 15 is 0 Å². The molecule has 14 heavy (non-hydrogen) atoms. The fourth-order valence-electron chi connectivity index (χ4n) is 1.07. The molecule has 0 saturated carbocycles. The Morgan fingerprint density at radius 3 is 2.43 bits per heavy atom. The topological polar surface area (TPSA) is 0 Å². The fourth-order valence-corrected chi connectivity index (χ4v) is 1.96. The van der Waals surface area contributed by atoms with Gasteiger partial charge >= 0.3 is 0 Å². The summed E-state index contributed by atoms with van der Waals surface area (Å²) in [5.41, 5.74) is 0. The van der Waals surface area contributed by atoms with E-state index in [0.29, 0.717) is 11.8 Å². The van der Waals surface area contributed by atoms with E-state index in [-0.39, 0.29) is 0 Å². The predicted molar refractivity (Wildman–Crippen MR) is 64.7 cm³/mol. The van der Waals surface area contributed by atoms with E-state index in [2.05, 4.69) is 51.7 Å². The Kier molecular flexibility index (Phi) is 4.22. The molecule has 0 aliphatic heterocycles. The van der Waals surface area contributed by atoms with Crippen LogP contribution < -0.4 is 0 Å². The monoisotopic (exact) mass is 206 g/mol. The van der Waals surface area contributed by atoms with Crippen molar-refractivity contribution in [1.29, 1.82) is 0 Å². The molecule has 0 unspecified atom stereocenters. The summed E-state index contributed by atoms with van der Waals surface area (Å²) in [5, 5.41) is 0. The van der Waals surface area contributed by atoms with Gasteiger partial charge in [-0.2, -0.15) is 0 Å². The molecule has 0 N–H and O–H groups in total. The minimum Gasteiger partial charge on any atom is -0.131 e. The molecule has 76 valence electrons. The van der Waals surface area contributed by atoms with Crippen molar-refractivity contribution >= 4 is 11.3 Å². The van der Waals surface area contributed by atoms with Crippen LogP contribution in [0.2, 0.25) is 0 Å². The normalized spacial score (nSPS) is 10.4. The lowest BCUT2D eigenvalue weighted by atomic mass is 10.1. The average Bonchev–Trinajstić information content (AvgIpc) is 2.52. The molecule has 1 heterocycles. The van der Waals surface area contributed by atoms with Crippen LogP contribution >= 0.6 is 11.3 Å². The second-order valence-corrected chi connectivity index (χ2v) is 5.37. The first-order valence-electron chi connectivity index (χ1n) is 5.18. The van der Waals surface area contributed by atoms with Crippen molar-refractivity contribution in [3.63, 3.8) is 0 Å². The van der Waals surface area contributed by atoms with Crippen LogP contribution in [0, 0.1) is 17.8 Å². The zero-order valence-corrected chi connectivity index (χ0v) is 10.2. The fraction of sp³-hybridized carbons (Fsp3) is 0.538. The van der Waals surface area contributed by atoms with Gasteiger partial charge in [0, 0.05) is 11.3 Å². The highest BCUT2D eigenvalue weighted by Gasteiger charge is 2.01. The Balaban J connectivity index is 2.62. The highest BCUT2D eigenvalue weighted by atomic mass is 32.1. The Labute approximate surface area is 91.4 Å². The molecule has 0 fully saturated rings. The van der Waals surface area contributed by atoms with E-state index in [9.17, 15) is 0 Å². The van der Waals surface area contributed by atoms with Crippen LogP contribution in [-0.2, 0) is 0 Å². The van der Waals surface area contributed by atoms with Crippen molar-refractivity contribution in [2.45, 2.75) is 40.0 Å². The molecule has 0 amide bonds. The summed E-state index contributed by atoms with van der Waals surface area (Å²) in [5.74, 6) is 7.73. The summed E-state index contributed by atoms with van der Waals surface area (Å²) in [6.07, 6.45) is 0.995. The molecule has 0 radical (unpaired) electrons. The van der Waals surface area contributed by atoms with Gasteiger partial charge in [0.15, 0.2) is 0 Å². The molecule has 1 rings (SSSR count). The summed E-state index contributed by atoms with van der Waals surface area (Å²) >= 11 is 1.82. The van der Waals surface area contributed by atoms with Gasteiger partial charge in [-0.05, 0) is 24.0 Å². The Bertz CT molecular complexity index is 334. The maximum absolute atomic E-state index is 3.22. The lowest BCUT2D eigenvalue weighted by Crippen LogP contribution is -1.81. The molecule has 0 nitrogen and oxygen atoms in total. The second kappa shape index (κ2) is 5.22. The van der Waals surface area contributed by atoms with Crippen LogP contribution in [0.5, 0.6) is 0 Å². The van der Waals surface area contributed by atoms with Crippen molar-refractivity contribution in [3.05, 3.63) is 21.9 Å². The Morgan fingerprint density at radius 1 is 1.21 bits per heavy atom. The van der Waals surface area contributed by atoms with E-state index in [1.54, 1.807) is 0 Å². The standard InChI is InChI=1S/C13H18S/c1-10(2)6-5-7-12-8-9-13(14-12)11(3)4/h8-11H,6H2,1-4H3. The van der Waals surface area contributed by atoms with E-state index in [4.69, 9.17) is 0 Å². The van der Waals surface area contributed by atoms with Gasteiger partial charge in [-0.25, -0.2) is 0 Å². The van der Waals surface area contributed by atoms with Crippen molar-refractivity contribution in [1.82, 2.24) is 0 Å². The number of thiophene rings is 1. The molecular weight excluding hydrogens is 188 g/mol. The molecule has 1 aromatic heterocycles. The first kappa shape index (κ1) is 11.3. The minimum absolute atomic E-state index is 0.626. The summed E-state index contributed by atoms with van der Waals surface area (Å²) in [4.78, 5) is 2.63. The van der Waals surface area contributed by atoms with Crippen LogP contribution in [0.4, 0.5) is 0 Å². The quantitative estimate of drug-likeness (QED) is 0.634. The molecular formula is C13H18S. The van der Waals surface area contributed by atoms with Gasteiger partial charge in [0.25, 0.3) is 0 Å². The summed E-state index contributed by atoms with van der Waals surface area (Å²) < 4.78 is 0. The average molecular weight is 206 g/mol. The number of hydrogen-bond acceptors (Lipinski definition) is 1. The SMILES string of the molecule is CC(C)CC#Cc1ccc(C(C)C)s1. The minimum atomic E-state index is 0.626. The largest absolute Gasteiger partial charge is 0.131 e. The molecule has 0 aromatic carbocycles. The van der Waals surface area contributed by atoms with E-state index in [1.807, 2.05) is 11.3 Å². The van der Waals surface area contributed by atoms with Gasteiger partial charge in [0.2, 0.25) is 0 Å². The summed E-state index contributed by atoms with van der Waals surface area (Å²) in [6, 6.07) is 4.32. The van der Waals surface area contributed by atoms with Crippen molar-refractivity contribution in [2.75, 3.05) is 0 Å². The van der Waals surface area contributed by atoms with Crippen molar-refractivity contribution in [3.8, 4) is 11.8 Å². The zero-order chi connectivity index (χ0) is 10.6. The van der Waals surface area contributed by atoms with E-state index < -0.39 is 0 Å². The first-order chi connectivity index (χ1) is 6.59. The van der Waals surface area contributed by atoms with Gasteiger partial charge in [-0.3, -0.25) is 0 Å². The van der Waals surface area contributed by atoms with Crippen LogP contribution in [0.25, 0.3) is 0 Å². The molecule has 0 saturated heterocycles. The van der Waals surface area contributed by atoms with E-state index in [0.717, 1.165) is 6.42 Å². The maximum atomic E-state index is 3.22. The van der Waals surface area contributed by atoms with Crippen molar-refractivity contribution < 1.29 is 0 Å². The number of rotatable bonds is 2. The first-order valence-corrected chi connectivity index (χ1v) is 6.00. The molecule has 0 aliphatic rings. The van der Waals surface area contributed by atoms with Crippen LogP contribution in [0.1, 0.15) is 49.8 Å².